The summed E-state index contributed by atoms with van der Waals surface area (Å²) < 4.78 is 10.5. The molecule has 0 radical (unpaired) electrons. The third kappa shape index (κ3) is 4.09. The molecule has 1 saturated heterocycles. The smallest absolute Gasteiger partial charge is 0.217 e. The highest BCUT2D eigenvalue weighted by molar-refractivity contribution is 5.73. The van der Waals surface area contributed by atoms with Crippen LogP contribution in [0.2, 0.25) is 0 Å². The van der Waals surface area contributed by atoms with E-state index < -0.39 is 62.5 Å². The molecule has 1 fully saturated rings. The first-order chi connectivity index (χ1) is 9.44. The van der Waals surface area contributed by atoms with Crippen molar-refractivity contribution in [2.24, 2.45) is 0 Å². The maximum Gasteiger partial charge on any atom is 0.217 e. The third-order valence-corrected chi connectivity index (χ3v) is 2.98. The predicted molar refractivity (Wildman–Crippen MR) is 64.4 cm³/mol. The molecule has 118 valence electrons. The molecule has 9 heteroatoms. The summed E-state index contributed by atoms with van der Waals surface area (Å²) >= 11 is 0. The maximum absolute atomic E-state index is 11.1. The van der Waals surface area contributed by atoms with Gasteiger partial charge in [0.1, 0.15) is 30.5 Å². The Hall–Kier alpha value is -0.810. The van der Waals surface area contributed by atoms with E-state index in [1.54, 1.807) is 0 Å². The molecule has 9 nitrogen and oxygen atoms in total. The summed E-state index contributed by atoms with van der Waals surface area (Å²) in [5, 5.41) is 49.1. The van der Waals surface area contributed by atoms with Gasteiger partial charge in [-0.05, 0) is 0 Å². The Kier molecular flexibility index (Phi) is 6.76. The van der Waals surface area contributed by atoms with Crippen LogP contribution < -0.4 is 5.32 Å². The van der Waals surface area contributed by atoms with Crippen LogP contribution in [0.4, 0.5) is 0 Å². The van der Waals surface area contributed by atoms with Crippen LogP contribution in [0.5, 0.6) is 0 Å². The second-order valence-corrected chi connectivity index (χ2v) is 4.56. The average molecular weight is 295 g/mol. The van der Waals surface area contributed by atoms with Crippen LogP contribution in [-0.2, 0) is 14.3 Å². The van der Waals surface area contributed by atoms with Crippen LogP contribution in [0.25, 0.3) is 0 Å². The molecule has 0 aliphatic carbocycles. The van der Waals surface area contributed by atoms with E-state index in [9.17, 15) is 15.0 Å². The van der Waals surface area contributed by atoms with E-state index in [2.05, 4.69) is 5.32 Å². The van der Waals surface area contributed by atoms with E-state index in [1.165, 1.54) is 6.92 Å². The monoisotopic (exact) mass is 295 g/mol. The molecule has 0 saturated carbocycles. The van der Waals surface area contributed by atoms with Gasteiger partial charge < -0.3 is 40.3 Å². The van der Waals surface area contributed by atoms with Gasteiger partial charge in [0, 0.05) is 6.92 Å². The van der Waals surface area contributed by atoms with Crippen LogP contribution >= 0.6 is 0 Å². The van der Waals surface area contributed by atoms with Gasteiger partial charge in [-0.2, -0.15) is 0 Å². The Labute approximate surface area is 115 Å². The highest BCUT2D eigenvalue weighted by atomic mass is 16.7. The molecule has 1 aliphatic heterocycles. The van der Waals surface area contributed by atoms with Gasteiger partial charge in [0.25, 0.3) is 0 Å². The summed E-state index contributed by atoms with van der Waals surface area (Å²) in [6, 6.07) is -1.09. The molecule has 0 aromatic carbocycles. The number of aliphatic hydroxyl groups excluding tert-OH is 5. The Morgan fingerprint density at radius 1 is 1.25 bits per heavy atom. The number of ether oxygens (including phenoxy) is 2. The lowest BCUT2D eigenvalue weighted by atomic mass is 9.97. The van der Waals surface area contributed by atoms with Crippen molar-refractivity contribution in [1.82, 2.24) is 5.32 Å². The normalized spacial score (nSPS) is 34.2. The number of carbonyl (C=O) groups is 1. The molecule has 1 rings (SSSR count). The molecule has 20 heavy (non-hydrogen) atoms. The molecule has 1 aliphatic rings. The zero-order chi connectivity index (χ0) is 15.3. The fourth-order valence-corrected chi connectivity index (χ4v) is 1.92. The minimum atomic E-state index is -1.42. The number of carbonyl (C=O) groups excluding carboxylic acids is 1. The lowest BCUT2D eigenvalue weighted by Crippen LogP contribution is -2.65. The first kappa shape index (κ1) is 17.2. The van der Waals surface area contributed by atoms with E-state index in [1.807, 2.05) is 0 Å². The van der Waals surface area contributed by atoms with E-state index in [0.717, 1.165) is 0 Å². The van der Waals surface area contributed by atoms with Gasteiger partial charge in [-0.25, -0.2) is 0 Å². The minimum absolute atomic E-state index is 0.481. The van der Waals surface area contributed by atoms with Crippen molar-refractivity contribution >= 4 is 5.91 Å². The molecule has 6 N–H and O–H groups in total. The first-order valence-electron chi connectivity index (χ1n) is 6.21. The van der Waals surface area contributed by atoms with Gasteiger partial charge in [0.05, 0.1) is 19.8 Å². The van der Waals surface area contributed by atoms with E-state index >= 15 is 0 Å². The summed E-state index contributed by atoms with van der Waals surface area (Å²) in [6.07, 6.45) is -6.12. The third-order valence-electron chi connectivity index (χ3n) is 2.98. The molecule has 0 aromatic rings. The molecule has 1 heterocycles. The summed E-state index contributed by atoms with van der Waals surface area (Å²) in [5.41, 5.74) is 0. The molecule has 0 aromatic heterocycles. The maximum atomic E-state index is 11.1. The number of aliphatic hydroxyl groups is 5. The van der Waals surface area contributed by atoms with Crippen LogP contribution in [0.1, 0.15) is 6.92 Å². The summed E-state index contributed by atoms with van der Waals surface area (Å²) in [5.74, 6) is -0.481. The lowest BCUT2D eigenvalue weighted by Gasteiger charge is -2.42. The second-order valence-electron chi connectivity index (χ2n) is 4.56. The van der Waals surface area contributed by atoms with Crippen molar-refractivity contribution in [2.45, 2.75) is 43.7 Å². The van der Waals surface area contributed by atoms with E-state index in [4.69, 9.17) is 24.8 Å². The number of nitrogens with one attached hydrogen (secondary N) is 1. The molecule has 0 spiro atoms. The van der Waals surface area contributed by atoms with Crippen LogP contribution in [0.3, 0.4) is 0 Å². The van der Waals surface area contributed by atoms with Gasteiger partial charge in [-0.3, -0.25) is 4.79 Å². The van der Waals surface area contributed by atoms with Crippen molar-refractivity contribution in [3.8, 4) is 0 Å². The number of rotatable bonds is 6. The molecular formula is C11H21NO8. The summed E-state index contributed by atoms with van der Waals surface area (Å²) in [4.78, 5) is 11.1. The average Bonchev–Trinajstić information content (AvgIpc) is 2.43. The van der Waals surface area contributed by atoms with Gasteiger partial charge >= 0.3 is 0 Å². The van der Waals surface area contributed by atoms with Gasteiger partial charge in [0.2, 0.25) is 5.91 Å². The first-order valence-corrected chi connectivity index (χ1v) is 6.21. The summed E-state index contributed by atoms with van der Waals surface area (Å²) in [7, 11) is 0. The minimum Gasteiger partial charge on any atom is -0.394 e. The lowest BCUT2D eigenvalue weighted by molar-refractivity contribution is -0.286. The Morgan fingerprint density at radius 3 is 2.30 bits per heavy atom. The zero-order valence-electron chi connectivity index (χ0n) is 11.0. The Balaban J connectivity index is 2.85. The standard InChI is InChI=1S/C11H21NO8/c1-5(16)12-8-10(18)9(17)7(4-15)20-11(8)19-6(2-13)3-14/h6-11,13-15,17-18H,2-4H2,1H3,(H,12,16)/t7-,8-,9-,10-,11-/m1/s1. The predicted octanol–water partition coefficient (Wildman–Crippen LogP) is -3.70. The molecule has 5 atom stereocenters. The van der Waals surface area contributed by atoms with Crippen molar-refractivity contribution in [2.75, 3.05) is 19.8 Å². The summed E-state index contributed by atoms with van der Waals surface area (Å²) in [6.45, 7) is -0.338. The van der Waals surface area contributed by atoms with Gasteiger partial charge in [-0.1, -0.05) is 0 Å². The highest BCUT2D eigenvalue weighted by Crippen LogP contribution is 2.23. The SMILES string of the molecule is CC(=O)N[C@H]1[C@H](OC(CO)CO)O[C@H](CO)[C@@H](O)[C@@H]1O. The molecular weight excluding hydrogens is 274 g/mol. The fourth-order valence-electron chi connectivity index (χ4n) is 1.92. The zero-order valence-corrected chi connectivity index (χ0v) is 11.0. The molecule has 0 bridgehead atoms. The quantitative estimate of drug-likeness (QED) is 0.293. The van der Waals surface area contributed by atoms with Crippen molar-refractivity contribution in [3.05, 3.63) is 0 Å². The fraction of sp³-hybridized carbons (Fsp3) is 0.909. The molecule has 0 unspecified atom stereocenters. The number of hydrogen-bond acceptors (Lipinski definition) is 8. The van der Waals surface area contributed by atoms with E-state index in [0.29, 0.717) is 0 Å². The van der Waals surface area contributed by atoms with Gasteiger partial charge in [0.15, 0.2) is 6.29 Å². The number of amides is 1. The Bertz CT molecular complexity index is 309. The highest BCUT2D eigenvalue weighted by Gasteiger charge is 2.45. The van der Waals surface area contributed by atoms with Crippen LogP contribution in [0, 0.1) is 0 Å². The number of hydrogen-bond donors (Lipinski definition) is 6. The molecule has 1 amide bonds. The van der Waals surface area contributed by atoms with Crippen LogP contribution in [-0.4, -0.2) is 88.0 Å². The topological polar surface area (TPSA) is 149 Å². The van der Waals surface area contributed by atoms with Crippen molar-refractivity contribution in [3.63, 3.8) is 0 Å². The Morgan fingerprint density at radius 2 is 1.85 bits per heavy atom. The second kappa shape index (κ2) is 7.84. The van der Waals surface area contributed by atoms with Crippen molar-refractivity contribution < 1.29 is 39.8 Å². The van der Waals surface area contributed by atoms with E-state index in [-0.39, 0.29) is 0 Å². The largest absolute Gasteiger partial charge is 0.394 e. The van der Waals surface area contributed by atoms with Gasteiger partial charge in [-0.15, -0.1) is 0 Å². The van der Waals surface area contributed by atoms with Crippen LogP contribution in [0.15, 0.2) is 0 Å². The van der Waals surface area contributed by atoms with Crippen molar-refractivity contribution in [1.29, 1.82) is 0 Å².